The molecule has 2 unspecified atom stereocenters. The summed E-state index contributed by atoms with van der Waals surface area (Å²) in [6.45, 7) is 0.545. The minimum atomic E-state index is -5.08. The average molecular weight is 548 g/mol. The van der Waals surface area contributed by atoms with Crippen LogP contribution in [0.3, 0.4) is 0 Å². The third-order valence-electron chi connectivity index (χ3n) is 7.18. The first-order chi connectivity index (χ1) is 17.6. The van der Waals surface area contributed by atoms with Crippen molar-refractivity contribution in [2.75, 3.05) is 6.54 Å². The molecule has 0 saturated carbocycles. The van der Waals surface area contributed by atoms with E-state index in [-0.39, 0.29) is 35.4 Å². The molecule has 208 valence electrons. The summed E-state index contributed by atoms with van der Waals surface area (Å²) in [6, 6.07) is 5.18. The molecule has 3 N–H and O–H groups in total. The van der Waals surface area contributed by atoms with Crippen molar-refractivity contribution >= 4 is 17.8 Å². The molecular formula is C24H26F6N4O4. The molecule has 2 bridgehead atoms. The van der Waals surface area contributed by atoms with Crippen LogP contribution in [-0.4, -0.2) is 69.6 Å². The number of carboxylic acids is 1. The van der Waals surface area contributed by atoms with Crippen LogP contribution in [0.25, 0.3) is 0 Å². The summed E-state index contributed by atoms with van der Waals surface area (Å²) in [7, 11) is 0. The van der Waals surface area contributed by atoms with E-state index in [0.29, 0.717) is 25.8 Å². The van der Waals surface area contributed by atoms with Gasteiger partial charge in [0.1, 0.15) is 6.04 Å². The molecule has 0 aromatic heterocycles. The Hall–Kier alpha value is -3.34. The Kier molecular flexibility index (Phi) is 8.60. The van der Waals surface area contributed by atoms with Crippen molar-refractivity contribution in [2.24, 2.45) is 11.7 Å². The Morgan fingerprint density at radius 1 is 1.00 bits per heavy atom. The van der Waals surface area contributed by atoms with Gasteiger partial charge in [0.15, 0.2) is 0 Å². The molecule has 1 aromatic rings. The molecule has 4 rings (SSSR count). The van der Waals surface area contributed by atoms with Crippen molar-refractivity contribution in [1.29, 1.82) is 5.26 Å². The van der Waals surface area contributed by atoms with Gasteiger partial charge in [-0.05, 0) is 68.7 Å². The molecule has 2 amide bonds. The number of hydrogen-bond acceptors (Lipinski definition) is 5. The van der Waals surface area contributed by atoms with Crippen molar-refractivity contribution in [3.63, 3.8) is 0 Å². The van der Waals surface area contributed by atoms with Gasteiger partial charge in [0.2, 0.25) is 5.91 Å². The van der Waals surface area contributed by atoms with Crippen LogP contribution in [0.1, 0.15) is 54.4 Å². The minimum absolute atomic E-state index is 0.0808. The maximum Gasteiger partial charge on any atom is 0.490 e. The van der Waals surface area contributed by atoms with Gasteiger partial charge in [-0.15, -0.1) is 0 Å². The number of hydrogen-bond donors (Lipinski definition) is 2. The number of nitriles is 1. The van der Waals surface area contributed by atoms with Gasteiger partial charge in [-0.25, -0.2) is 4.79 Å². The van der Waals surface area contributed by atoms with E-state index in [4.69, 9.17) is 15.6 Å². The summed E-state index contributed by atoms with van der Waals surface area (Å²) in [6.07, 6.45) is -5.32. The van der Waals surface area contributed by atoms with Gasteiger partial charge in [-0.1, -0.05) is 0 Å². The summed E-state index contributed by atoms with van der Waals surface area (Å²) >= 11 is 0. The number of amides is 2. The molecule has 3 saturated heterocycles. The number of alkyl halides is 6. The SMILES string of the molecule is N#C[C@@H]1CCCN1C(=O)[C@@H](N)C1CC2CCC(C1)N2C(=O)c1ccc(C(F)(F)F)cc1.O=C(O)C(F)(F)F. The minimum Gasteiger partial charge on any atom is -0.475 e. The molecule has 14 heteroatoms. The lowest BCUT2D eigenvalue weighted by Crippen LogP contribution is -2.54. The van der Waals surface area contributed by atoms with Crippen LogP contribution in [0.15, 0.2) is 24.3 Å². The molecular weight excluding hydrogens is 522 g/mol. The van der Waals surface area contributed by atoms with Crippen molar-refractivity contribution in [2.45, 2.75) is 75.0 Å². The van der Waals surface area contributed by atoms with E-state index >= 15 is 0 Å². The Labute approximate surface area is 214 Å². The Morgan fingerprint density at radius 3 is 1.97 bits per heavy atom. The van der Waals surface area contributed by atoms with E-state index in [0.717, 1.165) is 31.4 Å². The average Bonchev–Trinajstić information content (AvgIpc) is 3.43. The molecule has 1 aromatic carbocycles. The zero-order valence-electron chi connectivity index (χ0n) is 20.0. The largest absolute Gasteiger partial charge is 0.490 e. The molecule has 0 aliphatic carbocycles. The van der Waals surface area contributed by atoms with Gasteiger partial charge in [-0.2, -0.15) is 31.6 Å². The monoisotopic (exact) mass is 548 g/mol. The lowest BCUT2D eigenvalue weighted by Gasteiger charge is -2.41. The zero-order valence-corrected chi connectivity index (χ0v) is 20.0. The van der Waals surface area contributed by atoms with Crippen LogP contribution in [0, 0.1) is 17.2 Å². The van der Waals surface area contributed by atoms with Gasteiger partial charge in [-0.3, -0.25) is 9.59 Å². The highest BCUT2D eigenvalue weighted by Crippen LogP contribution is 2.41. The number of nitrogens with zero attached hydrogens (tertiary/aromatic N) is 3. The van der Waals surface area contributed by atoms with Crippen LogP contribution >= 0.6 is 0 Å². The lowest BCUT2D eigenvalue weighted by molar-refractivity contribution is -0.192. The molecule has 4 atom stereocenters. The van der Waals surface area contributed by atoms with E-state index in [1.807, 2.05) is 0 Å². The number of halogens is 6. The third-order valence-corrected chi connectivity index (χ3v) is 7.18. The second-order valence-electron chi connectivity index (χ2n) is 9.55. The molecule has 3 aliphatic heterocycles. The highest BCUT2D eigenvalue weighted by molar-refractivity contribution is 5.95. The van der Waals surface area contributed by atoms with E-state index < -0.39 is 36.0 Å². The third kappa shape index (κ3) is 6.38. The number of carbonyl (C=O) groups is 3. The fraction of sp³-hybridized carbons (Fsp3) is 0.583. The number of rotatable bonds is 3. The maximum atomic E-state index is 13.0. The number of piperidine rings is 1. The van der Waals surface area contributed by atoms with E-state index in [1.54, 1.807) is 9.80 Å². The van der Waals surface area contributed by atoms with E-state index in [2.05, 4.69) is 6.07 Å². The Balaban J connectivity index is 0.000000505. The first-order valence-corrected chi connectivity index (χ1v) is 11.9. The van der Waals surface area contributed by atoms with Crippen molar-refractivity contribution < 1.29 is 45.8 Å². The highest BCUT2D eigenvalue weighted by atomic mass is 19.4. The summed E-state index contributed by atoms with van der Waals surface area (Å²) in [4.78, 5) is 38.1. The molecule has 0 radical (unpaired) electrons. The summed E-state index contributed by atoms with van der Waals surface area (Å²) in [5.74, 6) is -3.31. The number of benzene rings is 1. The Bertz CT molecular complexity index is 1070. The van der Waals surface area contributed by atoms with Gasteiger partial charge >= 0.3 is 18.3 Å². The predicted molar refractivity (Wildman–Crippen MR) is 119 cm³/mol. The van der Waals surface area contributed by atoms with Crippen LogP contribution in [-0.2, 0) is 15.8 Å². The van der Waals surface area contributed by atoms with Crippen LogP contribution in [0.2, 0.25) is 0 Å². The number of carboxylic acid groups (broad SMARTS) is 1. The zero-order chi connectivity index (χ0) is 28.4. The summed E-state index contributed by atoms with van der Waals surface area (Å²) in [5, 5.41) is 16.4. The quantitative estimate of drug-likeness (QED) is 0.556. The molecule has 3 aliphatic rings. The molecule has 38 heavy (non-hydrogen) atoms. The van der Waals surface area contributed by atoms with Crippen molar-refractivity contribution in [1.82, 2.24) is 9.80 Å². The predicted octanol–water partition coefficient (Wildman–Crippen LogP) is 3.56. The summed E-state index contributed by atoms with van der Waals surface area (Å²) in [5.41, 5.74) is 5.77. The second-order valence-corrected chi connectivity index (χ2v) is 9.55. The molecule has 0 spiro atoms. The topological polar surface area (TPSA) is 128 Å². The van der Waals surface area contributed by atoms with Gasteiger partial charge < -0.3 is 20.6 Å². The standard InChI is InChI=1S/C22H25F3N4O2.C2HF3O2/c23-22(24,25)15-5-3-13(4-6-15)20(30)29-16-7-8-17(29)11-14(10-16)19(27)21(31)28-9-1-2-18(28)12-26;3-2(4,5)1(6)7/h3-6,14,16-19H,1-2,7-11,27H2;(H,6,7)/t14?,16?,17?,18-,19-;/m0./s1. The number of aliphatic carboxylic acids is 1. The van der Waals surface area contributed by atoms with Crippen molar-refractivity contribution in [3.8, 4) is 6.07 Å². The van der Waals surface area contributed by atoms with E-state index in [1.165, 1.54) is 12.1 Å². The van der Waals surface area contributed by atoms with Crippen LogP contribution in [0.4, 0.5) is 26.3 Å². The number of likely N-dealkylation sites (tertiary alicyclic amines) is 1. The molecule has 8 nitrogen and oxygen atoms in total. The summed E-state index contributed by atoms with van der Waals surface area (Å²) < 4.78 is 70.1. The molecule has 3 fully saturated rings. The number of carbonyl (C=O) groups excluding carboxylic acids is 2. The smallest absolute Gasteiger partial charge is 0.475 e. The first-order valence-electron chi connectivity index (χ1n) is 11.9. The van der Waals surface area contributed by atoms with Crippen LogP contribution < -0.4 is 5.73 Å². The fourth-order valence-corrected chi connectivity index (χ4v) is 5.35. The first kappa shape index (κ1) is 29.2. The molecule has 3 heterocycles. The van der Waals surface area contributed by atoms with Crippen molar-refractivity contribution in [3.05, 3.63) is 35.4 Å². The van der Waals surface area contributed by atoms with E-state index in [9.17, 15) is 41.2 Å². The maximum absolute atomic E-state index is 13.0. The second kappa shape index (κ2) is 11.2. The Morgan fingerprint density at radius 2 is 1.53 bits per heavy atom. The lowest BCUT2D eigenvalue weighted by atomic mass is 9.84. The van der Waals surface area contributed by atoms with Gasteiger partial charge in [0.05, 0.1) is 17.7 Å². The number of fused-ring (bicyclic) bond motifs is 2. The van der Waals surface area contributed by atoms with Gasteiger partial charge in [0, 0.05) is 24.2 Å². The van der Waals surface area contributed by atoms with Gasteiger partial charge in [0.25, 0.3) is 5.91 Å². The fourth-order valence-electron chi connectivity index (χ4n) is 5.35. The normalized spacial score (nSPS) is 25.7. The van der Waals surface area contributed by atoms with Crippen LogP contribution in [0.5, 0.6) is 0 Å². The highest BCUT2D eigenvalue weighted by Gasteiger charge is 2.47. The number of nitrogens with two attached hydrogens (primary N) is 1.